The van der Waals surface area contributed by atoms with Crippen molar-refractivity contribution < 1.29 is 4.79 Å². The van der Waals surface area contributed by atoms with E-state index in [0.717, 1.165) is 32.6 Å². The number of terminal acetylenes is 1. The smallest absolute Gasteiger partial charge is 0.259 e. The van der Waals surface area contributed by atoms with E-state index in [1.165, 1.54) is 15.9 Å². The molecule has 0 unspecified atom stereocenters. The standard InChI is InChI=1S/C24H18N6OS/c1-3-15-13-32-24-18(15)12-17(16-8-5-4-6-9-16)20(28-24)14(2)27-23(31)19-21(25)29-30-11-7-10-26-22(19)30/h1,4-14H,2H3,(H2,25,29)(H,27,31)/t14-/m0/s1. The summed E-state index contributed by atoms with van der Waals surface area (Å²) in [5.41, 5.74) is 10.1. The van der Waals surface area contributed by atoms with Crippen LogP contribution in [0.25, 0.3) is 27.0 Å². The van der Waals surface area contributed by atoms with Crippen LogP contribution in [0.2, 0.25) is 0 Å². The minimum atomic E-state index is -0.406. The Morgan fingerprint density at radius 3 is 2.88 bits per heavy atom. The van der Waals surface area contributed by atoms with Gasteiger partial charge in [0, 0.05) is 34.3 Å². The fourth-order valence-corrected chi connectivity index (χ4v) is 4.59. The van der Waals surface area contributed by atoms with Crippen molar-refractivity contribution in [1.29, 1.82) is 0 Å². The largest absolute Gasteiger partial charge is 0.381 e. The maximum Gasteiger partial charge on any atom is 0.259 e. The van der Waals surface area contributed by atoms with E-state index < -0.39 is 6.04 Å². The van der Waals surface area contributed by atoms with Crippen molar-refractivity contribution in [3.63, 3.8) is 0 Å². The lowest BCUT2D eigenvalue weighted by atomic mass is 9.98. The topological polar surface area (TPSA) is 98.2 Å². The Hall–Kier alpha value is -4.22. The van der Waals surface area contributed by atoms with Gasteiger partial charge in [0.2, 0.25) is 0 Å². The average molecular weight is 439 g/mol. The number of thiophene rings is 1. The number of nitrogen functional groups attached to an aromatic ring is 1. The number of carbonyl (C=O) groups is 1. The maximum atomic E-state index is 13.2. The molecule has 0 spiro atoms. The van der Waals surface area contributed by atoms with E-state index in [-0.39, 0.29) is 17.3 Å². The Kier molecular flexibility index (Phi) is 4.81. The first-order chi connectivity index (χ1) is 15.6. The van der Waals surface area contributed by atoms with Crippen LogP contribution in [0.3, 0.4) is 0 Å². The lowest BCUT2D eigenvalue weighted by molar-refractivity contribution is 0.0941. The molecular formula is C24H18N6OS. The zero-order valence-electron chi connectivity index (χ0n) is 17.1. The number of aromatic nitrogens is 4. The Bertz CT molecular complexity index is 1510. The fourth-order valence-electron chi connectivity index (χ4n) is 3.72. The second kappa shape index (κ2) is 7.80. The molecule has 0 saturated heterocycles. The Labute approximate surface area is 187 Å². The first kappa shape index (κ1) is 19.7. The molecule has 156 valence electrons. The number of nitrogens with two attached hydrogens (primary N) is 1. The highest BCUT2D eigenvalue weighted by Crippen LogP contribution is 2.34. The number of fused-ring (bicyclic) bond motifs is 2. The summed E-state index contributed by atoms with van der Waals surface area (Å²) in [6.07, 6.45) is 8.97. The summed E-state index contributed by atoms with van der Waals surface area (Å²) in [5.74, 6) is 2.48. The average Bonchev–Trinajstić information content (AvgIpc) is 3.37. The molecule has 0 aliphatic heterocycles. The quantitative estimate of drug-likeness (QED) is 0.412. The Balaban J connectivity index is 1.58. The number of rotatable bonds is 4. The van der Waals surface area contributed by atoms with Gasteiger partial charge in [-0.05, 0) is 24.6 Å². The van der Waals surface area contributed by atoms with E-state index in [2.05, 4.69) is 21.3 Å². The minimum absolute atomic E-state index is 0.122. The van der Waals surface area contributed by atoms with Gasteiger partial charge in [0.15, 0.2) is 11.5 Å². The van der Waals surface area contributed by atoms with Crippen molar-refractivity contribution in [3.05, 3.63) is 77.1 Å². The van der Waals surface area contributed by atoms with Crippen molar-refractivity contribution in [2.24, 2.45) is 0 Å². The summed E-state index contributed by atoms with van der Waals surface area (Å²) in [4.78, 5) is 23.1. The van der Waals surface area contributed by atoms with Crippen LogP contribution in [0.5, 0.6) is 0 Å². The Morgan fingerprint density at radius 2 is 2.09 bits per heavy atom. The summed E-state index contributed by atoms with van der Waals surface area (Å²) >= 11 is 1.49. The number of benzene rings is 1. The number of nitrogens with zero attached hydrogens (tertiary/aromatic N) is 4. The van der Waals surface area contributed by atoms with E-state index in [4.69, 9.17) is 17.1 Å². The minimum Gasteiger partial charge on any atom is -0.381 e. The van der Waals surface area contributed by atoms with E-state index in [1.54, 1.807) is 18.5 Å². The van der Waals surface area contributed by atoms with Gasteiger partial charge >= 0.3 is 0 Å². The van der Waals surface area contributed by atoms with Gasteiger partial charge in [-0.2, -0.15) is 0 Å². The maximum absolute atomic E-state index is 13.2. The van der Waals surface area contributed by atoms with Gasteiger partial charge < -0.3 is 11.1 Å². The summed E-state index contributed by atoms with van der Waals surface area (Å²) < 4.78 is 1.49. The zero-order chi connectivity index (χ0) is 22.2. The van der Waals surface area contributed by atoms with E-state index in [1.807, 2.05) is 48.7 Å². The van der Waals surface area contributed by atoms with E-state index >= 15 is 0 Å². The van der Waals surface area contributed by atoms with Crippen molar-refractivity contribution in [1.82, 2.24) is 24.9 Å². The zero-order valence-corrected chi connectivity index (χ0v) is 17.9. The number of carbonyl (C=O) groups excluding carboxylic acids is 1. The van der Waals surface area contributed by atoms with E-state index in [9.17, 15) is 4.79 Å². The molecule has 7 nitrogen and oxygen atoms in total. The van der Waals surface area contributed by atoms with Gasteiger partial charge in [-0.25, -0.2) is 14.5 Å². The number of anilines is 1. The molecule has 1 amide bonds. The molecule has 5 aromatic rings. The highest BCUT2D eigenvalue weighted by Gasteiger charge is 2.23. The van der Waals surface area contributed by atoms with E-state index in [0.29, 0.717) is 5.65 Å². The first-order valence-electron chi connectivity index (χ1n) is 9.90. The molecule has 0 saturated carbocycles. The summed E-state index contributed by atoms with van der Waals surface area (Å²) in [7, 11) is 0. The van der Waals surface area contributed by atoms with Crippen molar-refractivity contribution in [2.75, 3.05) is 5.73 Å². The lowest BCUT2D eigenvalue weighted by Crippen LogP contribution is -2.28. The predicted octanol–water partition coefficient (Wildman–Crippen LogP) is 4.06. The number of nitrogens with one attached hydrogen (secondary N) is 1. The fraction of sp³-hybridized carbons (Fsp3) is 0.0833. The van der Waals surface area contributed by atoms with Crippen LogP contribution in [-0.4, -0.2) is 25.5 Å². The van der Waals surface area contributed by atoms with Gasteiger partial charge in [-0.15, -0.1) is 22.9 Å². The molecule has 4 heterocycles. The van der Waals surface area contributed by atoms with Gasteiger partial charge in [-0.1, -0.05) is 36.3 Å². The summed E-state index contributed by atoms with van der Waals surface area (Å²) in [5, 5.41) is 10.0. The van der Waals surface area contributed by atoms with Gasteiger partial charge in [-0.3, -0.25) is 4.79 Å². The highest BCUT2D eigenvalue weighted by atomic mass is 32.1. The van der Waals surface area contributed by atoms with Crippen molar-refractivity contribution in [2.45, 2.75) is 13.0 Å². The monoisotopic (exact) mass is 438 g/mol. The van der Waals surface area contributed by atoms with Gasteiger partial charge in [0.25, 0.3) is 5.91 Å². The number of hydrogen-bond acceptors (Lipinski definition) is 6. The van der Waals surface area contributed by atoms with Crippen LogP contribution in [0, 0.1) is 12.3 Å². The van der Waals surface area contributed by atoms with Crippen molar-refractivity contribution >= 4 is 38.9 Å². The Morgan fingerprint density at radius 1 is 1.28 bits per heavy atom. The SMILES string of the molecule is C#Cc1csc2nc([C@H](C)NC(=O)c3c(N)nn4cccnc34)c(-c3ccccc3)cc12. The molecule has 8 heteroatoms. The van der Waals surface area contributed by atoms with Crippen LogP contribution in [0.4, 0.5) is 5.82 Å². The second-order valence-electron chi connectivity index (χ2n) is 7.28. The predicted molar refractivity (Wildman–Crippen MR) is 126 cm³/mol. The number of amides is 1. The van der Waals surface area contributed by atoms with Crippen molar-refractivity contribution in [3.8, 4) is 23.5 Å². The van der Waals surface area contributed by atoms with Crippen LogP contribution in [0.1, 0.15) is 34.6 Å². The molecular weight excluding hydrogens is 420 g/mol. The third-order valence-electron chi connectivity index (χ3n) is 5.24. The van der Waals surface area contributed by atoms with Crippen LogP contribution in [-0.2, 0) is 0 Å². The number of hydrogen-bond donors (Lipinski definition) is 2. The third-order valence-corrected chi connectivity index (χ3v) is 6.13. The highest BCUT2D eigenvalue weighted by molar-refractivity contribution is 7.17. The molecule has 3 N–H and O–H groups in total. The van der Waals surface area contributed by atoms with Gasteiger partial charge in [0.05, 0.1) is 11.7 Å². The van der Waals surface area contributed by atoms with Crippen LogP contribution in [0.15, 0.2) is 60.2 Å². The molecule has 0 radical (unpaired) electrons. The summed E-state index contributed by atoms with van der Waals surface area (Å²) in [6.45, 7) is 1.89. The third kappa shape index (κ3) is 3.25. The molecule has 5 rings (SSSR count). The van der Waals surface area contributed by atoms with Crippen LogP contribution >= 0.6 is 11.3 Å². The molecule has 0 aliphatic rings. The second-order valence-corrected chi connectivity index (χ2v) is 8.13. The normalized spacial score (nSPS) is 12.0. The molecule has 0 fully saturated rings. The van der Waals surface area contributed by atoms with Crippen LogP contribution < -0.4 is 11.1 Å². The molecule has 1 aromatic carbocycles. The molecule has 0 aliphatic carbocycles. The first-order valence-corrected chi connectivity index (χ1v) is 10.8. The van der Waals surface area contributed by atoms with Gasteiger partial charge in [0.1, 0.15) is 10.4 Å². The molecule has 1 atom stereocenters. The molecule has 4 aromatic heterocycles. The lowest BCUT2D eigenvalue weighted by Gasteiger charge is -2.18. The molecule has 0 bridgehead atoms. The molecule has 32 heavy (non-hydrogen) atoms. The number of pyridine rings is 1. The summed E-state index contributed by atoms with van der Waals surface area (Å²) in [6, 6.07) is 13.3.